The van der Waals surface area contributed by atoms with Gasteiger partial charge in [-0.25, -0.2) is 0 Å². The fourth-order valence-corrected chi connectivity index (χ4v) is 0.633. The van der Waals surface area contributed by atoms with Crippen molar-refractivity contribution in [2.45, 2.75) is 0 Å². The number of pyridine rings is 1. The molecular weight excluding hydrogens is 134 g/mol. The van der Waals surface area contributed by atoms with Crippen LogP contribution in [-0.2, 0) is 0 Å². The van der Waals surface area contributed by atoms with Crippen LogP contribution in [0.25, 0.3) is 0 Å². The van der Waals surface area contributed by atoms with Gasteiger partial charge in [0.1, 0.15) is 11.4 Å². The van der Waals surface area contributed by atoms with E-state index >= 15 is 0 Å². The summed E-state index contributed by atoms with van der Waals surface area (Å²) in [5.41, 5.74) is 0.326. The number of nitrogens with zero attached hydrogens (tertiary/aromatic N) is 1. The second-order valence-corrected chi connectivity index (χ2v) is 1.68. The largest absolute Gasteiger partial charge is 0.506 e. The van der Waals surface area contributed by atoms with E-state index in [4.69, 9.17) is 5.11 Å². The second-order valence-electron chi connectivity index (χ2n) is 1.47. The highest BCUT2D eigenvalue weighted by Gasteiger charge is 1.93. The predicted molar refractivity (Wildman–Crippen MR) is 37.6 cm³/mol. The molecule has 0 unspecified atom stereocenters. The van der Waals surface area contributed by atoms with Crippen molar-refractivity contribution >= 4 is 17.6 Å². The van der Waals surface area contributed by atoms with Gasteiger partial charge >= 0.3 is 0 Å². The summed E-state index contributed by atoms with van der Waals surface area (Å²) in [5, 5.41) is 11.2. The molecule has 0 bridgehead atoms. The van der Waals surface area contributed by atoms with Gasteiger partial charge in [-0.05, 0) is 12.1 Å². The maximum absolute atomic E-state index is 8.92. The lowest BCUT2D eigenvalue weighted by molar-refractivity contribution is 0.472. The average Bonchev–Trinajstić information content (AvgIpc) is 1.89. The molecule has 0 spiro atoms. The van der Waals surface area contributed by atoms with Crippen LogP contribution in [0.3, 0.4) is 0 Å². The molecule has 1 rings (SSSR count). The Balaban J connectivity index is 3.15. The third-order valence-electron chi connectivity index (χ3n) is 0.883. The zero-order chi connectivity index (χ0) is 6.69. The van der Waals surface area contributed by atoms with Crippen LogP contribution in [0, 0.1) is 0 Å². The molecule has 0 aliphatic heterocycles. The van der Waals surface area contributed by atoms with Gasteiger partial charge in [-0.2, -0.15) is 0 Å². The van der Waals surface area contributed by atoms with Gasteiger partial charge in [-0.1, -0.05) is 12.2 Å². The van der Waals surface area contributed by atoms with Crippen molar-refractivity contribution in [3.05, 3.63) is 24.0 Å². The highest BCUT2D eigenvalue weighted by atomic mass is 32.1. The Morgan fingerprint density at radius 3 is 2.89 bits per heavy atom. The first-order valence-corrected chi connectivity index (χ1v) is 2.77. The van der Waals surface area contributed by atoms with Crippen molar-refractivity contribution in [1.82, 2.24) is 4.98 Å². The second kappa shape index (κ2) is 2.55. The molecule has 1 aromatic heterocycles. The lowest BCUT2D eigenvalue weighted by Gasteiger charge is -1.91. The molecule has 0 aromatic carbocycles. The topological polar surface area (TPSA) is 33.1 Å². The predicted octanol–water partition coefficient (Wildman–Crippen LogP) is 1.01. The van der Waals surface area contributed by atoms with Crippen molar-refractivity contribution in [2.24, 2.45) is 0 Å². The van der Waals surface area contributed by atoms with Crippen molar-refractivity contribution in [3.63, 3.8) is 0 Å². The molecule has 0 aliphatic rings. The van der Waals surface area contributed by atoms with Gasteiger partial charge in [0, 0.05) is 6.20 Å². The van der Waals surface area contributed by atoms with Crippen LogP contribution in [0.15, 0.2) is 18.3 Å². The lowest BCUT2D eigenvalue weighted by atomic mass is 10.3. The van der Waals surface area contributed by atoms with E-state index in [9.17, 15) is 0 Å². The van der Waals surface area contributed by atoms with Crippen LogP contribution in [0.5, 0.6) is 5.75 Å². The summed E-state index contributed by atoms with van der Waals surface area (Å²) in [7, 11) is 0. The number of aromatic hydroxyl groups is 1. The maximum atomic E-state index is 8.92. The highest BCUT2D eigenvalue weighted by molar-refractivity contribution is 7.79. The minimum atomic E-state index is 0.0764. The van der Waals surface area contributed by atoms with Crippen LogP contribution in [0.1, 0.15) is 5.69 Å². The Kier molecular flexibility index (Phi) is 1.75. The molecule has 0 atom stereocenters. The van der Waals surface area contributed by atoms with E-state index in [0.29, 0.717) is 5.69 Å². The van der Waals surface area contributed by atoms with Crippen molar-refractivity contribution < 1.29 is 5.11 Å². The quantitative estimate of drug-likeness (QED) is 0.588. The minimum absolute atomic E-state index is 0.0764. The Morgan fingerprint density at radius 2 is 2.44 bits per heavy atom. The van der Waals surface area contributed by atoms with Crippen molar-refractivity contribution in [1.29, 1.82) is 0 Å². The summed E-state index contributed by atoms with van der Waals surface area (Å²) >= 11 is 4.43. The summed E-state index contributed by atoms with van der Waals surface area (Å²) in [5.74, 6) is 0.0764. The standard InChI is InChI=1S/C6H4NOS/c8-6-2-1-3-7-5(6)4-9/h1-3,8H. The van der Waals surface area contributed by atoms with Gasteiger partial charge in [0.15, 0.2) is 0 Å². The highest BCUT2D eigenvalue weighted by Crippen LogP contribution is 2.08. The van der Waals surface area contributed by atoms with Crippen LogP contribution in [0.4, 0.5) is 0 Å². The van der Waals surface area contributed by atoms with Crippen LogP contribution in [0.2, 0.25) is 0 Å². The fraction of sp³-hybridized carbons (Fsp3) is 0. The summed E-state index contributed by atoms with van der Waals surface area (Å²) in [6.45, 7) is 0. The molecular formula is C6H4NOS. The number of rotatable bonds is 1. The zero-order valence-electron chi connectivity index (χ0n) is 4.53. The Hall–Kier alpha value is -0.960. The number of hydrogen-bond acceptors (Lipinski definition) is 3. The van der Waals surface area contributed by atoms with E-state index in [0.717, 1.165) is 0 Å². The normalized spacial score (nSPS) is 8.89. The van der Waals surface area contributed by atoms with Crippen LogP contribution in [-0.4, -0.2) is 15.5 Å². The summed E-state index contributed by atoms with van der Waals surface area (Å²) in [4.78, 5) is 3.73. The molecule has 0 saturated carbocycles. The molecule has 1 radical (unpaired) electrons. The van der Waals surface area contributed by atoms with Gasteiger partial charge in [0.25, 0.3) is 0 Å². The van der Waals surface area contributed by atoms with Gasteiger partial charge < -0.3 is 5.11 Å². The fourth-order valence-electron chi connectivity index (χ4n) is 0.475. The Morgan fingerprint density at radius 1 is 1.67 bits per heavy atom. The van der Waals surface area contributed by atoms with E-state index in [1.54, 1.807) is 12.3 Å². The number of aromatic nitrogens is 1. The van der Waals surface area contributed by atoms with Crippen molar-refractivity contribution in [2.75, 3.05) is 0 Å². The van der Waals surface area contributed by atoms with E-state index in [2.05, 4.69) is 22.6 Å². The molecule has 0 amide bonds. The smallest absolute Gasteiger partial charge is 0.142 e. The number of thiocarbonyl (C=S) groups is 1. The zero-order valence-corrected chi connectivity index (χ0v) is 5.35. The molecule has 1 aromatic rings. The van der Waals surface area contributed by atoms with E-state index in [1.165, 1.54) is 6.07 Å². The van der Waals surface area contributed by atoms with E-state index in [1.807, 2.05) is 0 Å². The summed E-state index contributed by atoms with van der Waals surface area (Å²) in [6.07, 6.45) is 1.55. The van der Waals surface area contributed by atoms with E-state index < -0.39 is 0 Å². The van der Waals surface area contributed by atoms with Crippen LogP contribution >= 0.6 is 12.2 Å². The molecule has 9 heavy (non-hydrogen) atoms. The molecule has 0 saturated heterocycles. The number of hydrogen-bond donors (Lipinski definition) is 1. The summed E-state index contributed by atoms with van der Waals surface area (Å²) < 4.78 is 0. The molecule has 2 nitrogen and oxygen atoms in total. The Labute approximate surface area is 58.2 Å². The third-order valence-corrected chi connectivity index (χ3v) is 1.08. The molecule has 3 heteroatoms. The first-order valence-electron chi connectivity index (χ1n) is 2.36. The van der Waals surface area contributed by atoms with Crippen LogP contribution < -0.4 is 0 Å². The van der Waals surface area contributed by atoms with Gasteiger partial charge in [-0.15, -0.1) is 0 Å². The molecule has 0 fully saturated rings. The minimum Gasteiger partial charge on any atom is -0.506 e. The Bertz CT molecular complexity index is 224. The van der Waals surface area contributed by atoms with Gasteiger partial charge in [0.05, 0.1) is 5.37 Å². The monoisotopic (exact) mass is 138 g/mol. The molecule has 1 heterocycles. The maximum Gasteiger partial charge on any atom is 0.142 e. The SMILES string of the molecule is Oc1cccnc1[C]=S. The lowest BCUT2D eigenvalue weighted by Crippen LogP contribution is -1.83. The molecule has 45 valence electrons. The first-order chi connectivity index (χ1) is 4.34. The summed E-state index contributed by atoms with van der Waals surface area (Å²) in [6, 6.07) is 3.15. The first kappa shape index (κ1) is 6.16. The van der Waals surface area contributed by atoms with E-state index in [-0.39, 0.29) is 5.75 Å². The average molecular weight is 138 g/mol. The third kappa shape index (κ3) is 1.23. The van der Waals surface area contributed by atoms with Gasteiger partial charge in [-0.3, -0.25) is 4.98 Å². The molecule has 1 N–H and O–H groups in total. The van der Waals surface area contributed by atoms with Crippen molar-refractivity contribution in [3.8, 4) is 5.75 Å². The van der Waals surface area contributed by atoms with Gasteiger partial charge in [0.2, 0.25) is 0 Å². The molecule has 0 aliphatic carbocycles.